The molecular weight excluding hydrogens is 340 g/mol. The second kappa shape index (κ2) is 9.79. The summed E-state index contributed by atoms with van der Waals surface area (Å²) in [6.07, 6.45) is 2.59. The predicted octanol–water partition coefficient (Wildman–Crippen LogP) is 4.27. The lowest BCUT2D eigenvalue weighted by Gasteiger charge is -2.12. The fourth-order valence-electron chi connectivity index (χ4n) is 2.26. The maximum absolute atomic E-state index is 6.29. The number of benzene rings is 2. The molecule has 0 radical (unpaired) electrons. The highest BCUT2D eigenvalue weighted by atomic mass is 35.5. The molecule has 0 spiro atoms. The van der Waals surface area contributed by atoms with E-state index in [-0.39, 0.29) is 0 Å². The smallest absolute Gasteiger partial charge is 0.179 e. The molecule has 0 aliphatic heterocycles. The van der Waals surface area contributed by atoms with Crippen LogP contribution in [0.25, 0.3) is 0 Å². The third-order valence-corrected chi connectivity index (χ3v) is 3.75. The molecule has 0 aliphatic carbocycles. The number of nitrogens with one attached hydrogen (secondary N) is 1. The van der Waals surface area contributed by atoms with E-state index in [4.69, 9.17) is 25.8 Å². The minimum atomic E-state index is 0.499. The van der Waals surface area contributed by atoms with Crippen molar-refractivity contribution in [3.05, 3.63) is 52.5 Å². The monoisotopic (exact) mass is 362 g/mol. The molecule has 134 valence electrons. The zero-order chi connectivity index (χ0) is 18.1. The van der Waals surface area contributed by atoms with Crippen molar-refractivity contribution < 1.29 is 14.2 Å². The highest BCUT2D eigenvalue weighted by Crippen LogP contribution is 2.36. The van der Waals surface area contributed by atoms with E-state index >= 15 is 0 Å². The highest BCUT2D eigenvalue weighted by molar-refractivity contribution is 6.32. The van der Waals surface area contributed by atoms with E-state index in [9.17, 15) is 0 Å². The Morgan fingerprint density at radius 3 is 2.60 bits per heavy atom. The fraction of sp³-hybridized carbons (Fsp3) is 0.316. The van der Waals surface area contributed by atoms with Crippen LogP contribution in [0.1, 0.15) is 24.5 Å². The Balaban J connectivity index is 2.04. The van der Waals surface area contributed by atoms with Crippen molar-refractivity contribution in [3.8, 4) is 17.2 Å². The summed E-state index contributed by atoms with van der Waals surface area (Å²) in [5.41, 5.74) is 4.85. The van der Waals surface area contributed by atoms with Crippen LogP contribution >= 0.6 is 11.6 Å². The average molecular weight is 363 g/mol. The summed E-state index contributed by atoms with van der Waals surface area (Å²) >= 11 is 6.29. The quantitative estimate of drug-likeness (QED) is 0.534. The van der Waals surface area contributed by atoms with Gasteiger partial charge in [0.05, 0.1) is 38.6 Å². The molecule has 2 rings (SSSR count). The molecule has 0 saturated heterocycles. The van der Waals surface area contributed by atoms with Crippen LogP contribution in [0, 0.1) is 0 Å². The van der Waals surface area contributed by atoms with Crippen LogP contribution in [0.3, 0.4) is 0 Å². The molecule has 2 aromatic rings. The lowest BCUT2D eigenvalue weighted by atomic mass is 10.2. The van der Waals surface area contributed by atoms with Crippen LogP contribution in [0.4, 0.5) is 0 Å². The highest BCUT2D eigenvalue weighted by Gasteiger charge is 2.11. The molecule has 5 nitrogen and oxygen atoms in total. The van der Waals surface area contributed by atoms with Gasteiger partial charge in [-0.2, -0.15) is 5.10 Å². The number of hydrogen-bond acceptors (Lipinski definition) is 5. The van der Waals surface area contributed by atoms with Gasteiger partial charge in [0, 0.05) is 5.56 Å². The van der Waals surface area contributed by atoms with Gasteiger partial charge >= 0.3 is 0 Å². The van der Waals surface area contributed by atoms with Crippen molar-refractivity contribution in [3.63, 3.8) is 0 Å². The van der Waals surface area contributed by atoms with Gasteiger partial charge in [-0.25, -0.2) is 0 Å². The lowest BCUT2D eigenvalue weighted by Crippen LogP contribution is -2.07. The van der Waals surface area contributed by atoms with Gasteiger partial charge in [-0.1, -0.05) is 36.7 Å². The van der Waals surface area contributed by atoms with Crippen molar-refractivity contribution in [2.75, 3.05) is 20.8 Å². The molecule has 0 fully saturated rings. The van der Waals surface area contributed by atoms with Crippen LogP contribution < -0.4 is 19.6 Å². The van der Waals surface area contributed by atoms with Crippen LogP contribution in [-0.2, 0) is 6.54 Å². The average Bonchev–Trinajstić information content (AvgIpc) is 2.64. The van der Waals surface area contributed by atoms with Gasteiger partial charge in [0.2, 0.25) is 0 Å². The van der Waals surface area contributed by atoms with Gasteiger partial charge in [0.25, 0.3) is 0 Å². The van der Waals surface area contributed by atoms with Crippen molar-refractivity contribution in [2.24, 2.45) is 5.10 Å². The van der Waals surface area contributed by atoms with E-state index < -0.39 is 0 Å². The molecule has 0 unspecified atom stereocenters. The zero-order valence-electron chi connectivity index (χ0n) is 14.7. The van der Waals surface area contributed by atoms with E-state index in [0.29, 0.717) is 29.7 Å². The second-order valence-corrected chi connectivity index (χ2v) is 5.69. The van der Waals surface area contributed by atoms with E-state index in [2.05, 4.69) is 10.5 Å². The van der Waals surface area contributed by atoms with Gasteiger partial charge in [-0.05, 0) is 30.2 Å². The number of hydrazone groups is 1. The first kappa shape index (κ1) is 18.9. The first-order valence-corrected chi connectivity index (χ1v) is 8.45. The maximum Gasteiger partial charge on any atom is 0.179 e. The summed E-state index contributed by atoms with van der Waals surface area (Å²) in [6, 6.07) is 11.4. The summed E-state index contributed by atoms with van der Waals surface area (Å²) in [7, 11) is 3.24. The number of ether oxygens (including phenoxy) is 3. The number of nitrogens with zero attached hydrogens (tertiary/aromatic N) is 1. The van der Waals surface area contributed by atoms with Crippen LogP contribution in [0.5, 0.6) is 17.2 Å². The Labute approximate surface area is 153 Å². The number of halogens is 1. The van der Waals surface area contributed by atoms with E-state index in [0.717, 1.165) is 23.3 Å². The largest absolute Gasteiger partial charge is 0.496 e. The molecular formula is C19H23ClN2O3. The lowest BCUT2D eigenvalue weighted by molar-refractivity contribution is 0.294. The minimum absolute atomic E-state index is 0.499. The van der Waals surface area contributed by atoms with Crippen molar-refractivity contribution >= 4 is 17.8 Å². The van der Waals surface area contributed by atoms with Crippen LogP contribution in [-0.4, -0.2) is 27.0 Å². The Morgan fingerprint density at radius 2 is 1.88 bits per heavy atom. The number of para-hydroxylation sites is 1. The summed E-state index contributed by atoms with van der Waals surface area (Å²) in [5, 5.41) is 4.73. The van der Waals surface area contributed by atoms with E-state index in [1.807, 2.05) is 37.3 Å². The van der Waals surface area contributed by atoms with E-state index in [1.54, 1.807) is 26.5 Å². The van der Waals surface area contributed by atoms with Crippen molar-refractivity contribution in [2.45, 2.75) is 19.9 Å². The fourth-order valence-corrected chi connectivity index (χ4v) is 2.53. The topological polar surface area (TPSA) is 52.1 Å². The molecule has 2 aromatic carbocycles. The van der Waals surface area contributed by atoms with Gasteiger partial charge < -0.3 is 19.6 Å². The molecule has 6 heteroatoms. The van der Waals surface area contributed by atoms with Crippen LogP contribution in [0.15, 0.2) is 41.5 Å². The molecule has 0 saturated carbocycles. The Morgan fingerprint density at radius 1 is 1.12 bits per heavy atom. The standard InChI is InChI=1S/C19H23ClN2O3/c1-4-9-25-19-16(20)10-14(11-18(19)24-3)12-21-22-13-15-7-5-6-8-17(15)23-2/h5-8,10-12,22H,4,9,13H2,1-3H3/b21-12+. The molecule has 25 heavy (non-hydrogen) atoms. The summed E-state index contributed by atoms with van der Waals surface area (Å²) in [4.78, 5) is 0. The molecule has 1 N–H and O–H groups in total. The molecule has 0 bridgehead atoms. The molecule has 0 atom stereocenters. The third-order valence-electron chi connectivity index (χ3n) is 3.47. The number of hydrogen-bond donors (Lipinski definition) is 1. The van der Waals surface area contributed by atoms with E-state index in [1.165, 1.54) is 0 Å². The second-order valence-electron chi connectivity index (χ2n) is 5.29. The van der Waals surface area contributed by atoms with Crippen molar-refractivity contribution in [1.29, 1.82) is 0 Å². The first-order valence-electron chi connectivity index (χ1n) is 8.07. The Hall–Kier alpha value is -2.40. The van der Waals surface area contributed by atoms with Gasteiger partial charge in [0.1, 0.15) is 5.75 Å². The van der Waals surface area contributed by atoms with Crippen molar-refractivity contribution in [1.82, 2.24) is 5.43 Å². The third kappa shape index (κ3) is 5.29. The minimum Gasteiger partial charge on any atom is -0.496 e. The number of rotatable bonds is 9. The predicted molar refractivity (Wildman–Crippen MR) is 101 cm³/mol. The molecule has 0 aromatic heterocycles. The Bertz CT molecular complexity index is 720. The first-order chi connectivity index (χ1) is 12.2. The summed E-state index contributed by atoms with van der Waals surface area (Å²) in [5.74, 6) is 1.98. The summed E-state index contributed by atoms with van der Waals surface area (Å²) < 4.78 is 16.3. The maximum atomic E-state index is 6.29. The normalized spacial score (nSPS) is 10.7. The molecule has 0 amide bonds. The molecule has 0 heterocycles. The Kier molecular flexibility index (Phi) is 7.41. The van der Waals surface area contributed by atoms with Crippen LogP contribution in [0.2, 0.25) is 5.02 Å². The number of methoxy groups -OCH3 is 2. The van der Waals surface area contributed by atoms with Gasteiger partial charge in [-0.15, -0.1) is 0 Å². The molecule has 0 aliphatic rings. The zero-order valence-corrected chi connectivity index (χ0v) is 15.5. The van der Waals surface area contributed by atoms with Gasteiger partial charge in [0.15, 0.2) is 11.5 Å². The van der Waals surface area contributed by atoms with Gasteiger partial charge in [-0.3, -0.25) is 0 Å². The summed E-state index contributed by atoms with van der Waals surface area (Å²) in [6.45, 7) is 3.18. The SMILES string of the molecule is CCCOc1c(Cl)cc(/C=N/NCc2ccccc2OC)cc1OC.